The lowest BCUT2D eigenvalue weighted by molar-refractivity contribution is 0.257. The lowest BCUT2D eigenvalue weighted by Crippen LogP contribution is -2.56. The second-order valence-electron chi connectivity index (χ2n) is 5.88. The summed E-state index contributed by atoms with van der Waals surface area (Å²) in [6.45, 7) is 4.51. The number of halogens is 2. The lowest BCUT2D eigenvalue weighted by Gasteiger charge is -2.39. The molecule has 0 saturated heterocycles. The maximum absolute atomic E-state index is 6.40. The summed E-state index contributed by atoms with van der Waals surface area (Å²) in [5.41, 5.74) is 0. The highest BCUT2D eigenvalue weighted by Gasteiger charge is 2.33. The smallest absolute Gasteiger partial charge is 0.208 e. The van der Waals surface area contributed by atoms with Crippen molar-refractivity contribution in [3.8, 4) is 12.0 Å². The topological polar surface area (TPSA) is 27.6 Å². The fraction of sp³-hybridized carbons (Fsp3) is 0.800. The highest BCUT2D eigenvalue weighted by atomic mass is 35.5. The van der Waals surface area contributed by atoms with Gasteiger partial charge in [0.2, 0.25) is 5.29 Å². The van der Waals surface area contributed by atoms with Gasteiger partial charge >= 0.3 is 0 Å². The van der Waals surface area contributed by atoms with Crippen molar-refractivity contribution in [2.75, 3.05) is 7.05 Å². The monoisotopic (exact) mass is 347 g/mol. The van der Waals surface area contributed by atoms with Gasteiger partial charge in [-0.25, -0.2) is 0 Å². The summed E-state index contributed by atoms with van der Waals surface area (Å²) in [6.07, 6.45) is 4.92. The normalized spacial score (nSPS) is 33.2. The third-order valence-electron chi connectivity index (χ3n) is 3.87. The van der Waals surface area contributed by atoms with Gasteiger partial charge in [-0.2, -0.15) is 16.8 Å². The number of rotatable bonds is 4. The van der Waals surface area contributed by atoms with Crippen molar-refractivity contribution >= 4 is 40.3 Å². The molecule has 2 aliphatic rings. The molecule has 1 fully saturated rings. The molecule has 0 bridgehead atoms. The van der Waals surface area contributed by atoms with Gasteiger partial charge in [-0.3, -0.25) is 5.32 Å². The lowest BCUT2D eigenvalue weighted by atomic mass is 9.94. The van der Waals surface area contributed by atoms with E-state index in [1.165, 1.54) is 25.7 Å². The minimum Gasteiger partial charge on any atom is -0.331 e. The highest BCUT2D eigenvalue weighted by molar-refractivity contribution is 8.00. The number of alkyl halides is 1. The molecule has 1 aliphatic carbocycles. The Balaban J connectivity index is 2.07. The number of hydrogen-bond acceptors (Lipinski definition) is 4. The first-order valence-electron chi connectivity index (χ1n) is 7.51. The Morgan fingerprint density at radius 2 is 2.10 bits per heavy atom. The number of amidine groups is 1. The predicted octanol–water partition coefficient (Wildman–Crippen LogP) is 3.46. The van der Waals surface area contributed by atoms with Crippen LogP contribution in [-0.2, 0) is 0 Å². The van der Waals surface area contributed by atoms with Crippen molar-refractivity contribution in [1.82, 2.24) is 10.2 Å². The summed E-state index contributed by atoms with van der Waals surface area (Å²) in [7, 11) is 1.90. The van der Waals surface area contributed by atoms with E-state index in [4.69, 9.17) is 23.2 Å². The third kappa shape index (κ3) is 4.69. The molecule has 4 unspecified atom stereocenters. The Morgan fingerprint density at radius 3 is 2.81 bits per heavy atom. The predicted molar refractivity (Wildman–Crippen MR) is 94.2 cm³/mol. The van der Waals surface area contributed by atoms with Gasteiger partial charge in [0, 0.05) is 24.4 Å². The molecular weight excluding hydrogens is 325 g/mol. The molecule has 1 N–H and O–H groups in total. The molecule has 0 aromatic heterocycles. The first-order valence-corrected chi connectivity index (χ1v) is 9.27. The molecule has 118 valence electrons. The minimum atomic E-state index is -0.318. The molecule has 0 radical (unpaired) electrons. The van der Waals surface area contributed by atoms with Crippen molar-refractivity contribution in [1.29, 1.82) is 0 Å². The van der Waals surface area contributed by atoms with Crippen LogP contribution >= 0.6 is 35.0 Å². The summed E-state index contributed by atoms with van der Waals surface area (Å²) in [6, 6.07) is 3.12. The molecule has 21 heavy (non-hydrogen) atoms. The molecule has 4 atom stereocenters. The summed E-state index contributed by atoms with van der Waals surface area (Å²) in [5, 5.41) is 5.03. The van der Waals surface area contributed by atoms with Crippen LogP contribution in [0.25, 0.3) is 0 Å². The zero-order chi connectivity index (χ0) is 15.4. The van der Waals surface area contributed by atoms with Crippen LogP contribution in [0.4, 0.5) is 0 Å². The first-order chi connectivity index (χ1) is 9.99. The van der Waals surface area contributed by atoms with E-state index < -0.39 is 0 Å². The highest BCUT2D eigenvalue weighted by Crippen LogP contribution is 2.32. The maximum Gasteiger partial charge on any atom is 0.208 e. The van der Waals surface area contributed by atoms with E-state index in [-0.39, 0.29) is 11.5 Å². The fourth-order valence-electron chi connectivity index (χ4n) is 2.82. The van der Waals surface area contributed by atoms with Crippen molar-refractivity contribution in [2.24, 2.45) is 4.99 Å². The van der Waals surface area contributed by atoms with Gasteiger partial charge in [-0.05, 0) is 29.7 Å². The molecule has 0 aromatic carbocycles. The second-order valence-corrected chi connectivity index (χ2v) is 8.50. The van der Waals surface area contributed by atoms with Crippen LogP contribution in [0.2, 0.25) is 0 Å². The molecule has 2 rings (SSSR count). The van der Waals surface area contributed by atoms with Crippen molar-refractivity contribution < 1.29 is 0 Å². The van der Waals surface area contributed by atoms with Crippen LogP contribution in [0.5, 0.6) is 0 Å². The number of aliphatic imine (C=N–C) groups is 1. The fourth-order valence-corrected chi connectivity index (χ4v) is 4.67. The van der Waals surface area contributed by atoms with Crippen molar-refractivity contribution in [2.45, 2.75) is 67.6 Å². The van der Waals surface area contributed by atoms with E-state index in [0.29, 0.717) is 21.8 Å². The van der Waals surface area contributed by atoms with Gasteiger partial charge in [0.15, 0.2) is 0 Å². The molecule has 1 saturated carbocycles. The van der Waals surface area contributed by atoms with Crippen LogP contribution < -0.4 is 5.32 Å². The standard InChI is InChI=1S/C15H23Cl2N3S/c1-10(2)21-13-7-5-4-6-12(13)19-14-11(16)8-9-18-15(17)20(14)3/h10-14,19H,4-7H2,1-3H3. The van der Waals surface area contributed by atoms with E-state index in [0.717, 1.165) is 0 Å². The van der Waals surface area contributed by atoms with Gasteiger partial charge in [0.1, 0.15) is 11.5 Å². The van der Waals surface area contributed by atoms with E-state index in [2.05, 4.69) is 47.9 Å². The first kappa shape index (κ1) is 17.3. The Labute approximate surface area is 142 Å². The molecule has 1 heterocycles. The zero-order valence-corrected chi connectivity index (χ0v) is 15.1. The van der Waals surface area contributed by atoms with Gasteiger partial charge in [0.25, 0.3) is 0 Å². The molecule has 1 aliphatic heterocycles. The molecular formula is C15H23Cl2N3S. The molecule has 6 heteroatoms. The maximum atomic E-state index is 6.40. The van der Waals surface area contributed by atoms with Gasteiger partial charge in [0.05, 0.1) is 0 Å². The third-order valence-corrected chi connectivity index (χ3v) is 6.03. The summed E-state index contributed by atoms with van der Waals surface area (Å²) >= 11 is 14.6. The van der Waals surface area contributed by atoms with E-state index in [1.54, 1.807) is 0 Å². The Morgan fingerprint density at radius 1 is 1.38 bits per heavy atom. The average Bonchev–Trinajstić information content (AvgIpc) is 2.54. The minimum absolute atomic E-state index is 0.101. The Kier molecular flexibility index (Phi) is 6.55. The second kappa shape index (κ2) is 7.97. The van der Waals surface area contributed by atoms with Crippen LogP contribution in [0.1, 0.15) is 39.5 Å². The summed E-state index contributed by atoms with van der Waals surface area (Å²) < 4.78 is 0. The number of hydrogen-bond donors (Lipinski definition) is 1. The summed E-state index contributed by atoms with van der Waals surface area (Å²) in [4.78, 5) is 5.86. The Hall–Kier alpha value is -0.0800. The van der Waals surface area contributed by atoms with E-state index in [1.807, 2.05) is 11.9 Å². The average molecular weight is 348 g/mol. The van der Waals surface area contributed by atoms with Crippen LogP contribution in [0, 0.1) is 12.0 Å². The largest absolute Gasteiger partial charge is 0.331 e. The van der Waals surface area contributed by atoms with E-state index in [9.17, 15) is 0 Å². The Bertz CT molecular complexity index is 444. The van der Waals surface area contributed by atoms with Crippen molar-refractivity contribution in [3.05, 3.63) is 0 Å². The number of nitrogens with one attached hydrogen (secondary N) is 1. The summed E-state index contributed by atoms with van der Waals surface area (Å²) in [5.74, 6) is 2.93. The van der Waals surface area contributed by atoms with Crippen LogP contribution in [0.15, 0.2) is 4.99 Å². The number of thioether (sulfide) groups is 1. The van der Waals surface area contributed by atoms with Crippen LogP contribution in [-0.4, -0.2) is 45.3 Å². The molecule has 0 amide bonds. The van der Waals surface area contributed by atoms with Gasteiger partial charge in [-0.15, -0.1) is 11.6 Å². The molecule has 0 spiro atoms. The van der Waals surface area contributed by atoms with Gasteiger partial charge < -0.3 is 4.90 Å². The number of nitrogens with zero attached hydrogens (tertiary/aromatic N) is 2. The quantitative estimate of drug-likeness (QED) is 0.479. The molecule has 0 aromatic rings. The van der Waals surface area contributed by atoms with Gasteiger partial charge in [-0.1, -0.05) is 32.6 Å². The zero-order valence-electron chi connectivity index (χ0n) is 12.8. The van der Waals surface area contributed by atoms with Crippen LogP contribution in [0.3, 0.4) is 0 Å². The van der Waals surface area contributed by atoms with Crippen molar-refractivity contribution in [3.63, 3.8) is 0 Å². The molecule has 3 nitrogen and oxygen atoms in total. The van der Waals surface area contributed by atoms with E-state index >= 15 is 0 Å². The SMILES string of the molecule is CC(C)SC1CCCCC1NC1C(Cl)C#CN=C(Cl)N1C.